The van der Waals surface area contributed by atoms with Crippen LogP contribution in [0.5, 0.6) is 0 Å². The third kappa shape index (κ3) is 2.03. The summed E-state index contributed by atoms with van der Waals surface area (Å²) in [7, 11) is 0. The van der Waals surface area contributed by atoms with Crippen molar-refractivity contribution in [1.29, 1.82) is 0 Å². The first-order chi connectivity index (χ1) is 6.07. The van der Waals surface area contributed by atoms with Gasteiger partial charge in [-0.25, -0.2) is 0 Å². The second-order valence-electron chi connectivity index (χ2n) is 2.50. The van der Waals surface area contributed by atoms with Crippen molar-refractivity contribution < 1.29 is 4.92 Å². The molecular formula is C8H8BrNO2S. The van der Waals surface area contributed by atoms with Gasteiger partial charge >= 0.3 is 0 Å². The van der Waals surface area contributed by atoms with Gasteiger partial charge in [0.2, 0.25) is 0 Å². The fraction of sp³-hybridized carbons (Fsp3) is 0.250. The lowest BCUT2D eigenvalue weighted by molar-refractivity contribution is -0.386. The molecule has 0 aliphatic carbocycles. The van der Waals surface area contributed by atoms with Crippen LogP contribution >= 0.6 is 27.7 Å². The number of halogens is 1. The molecule has 0 saturated heterocycles. The van der Waals surface area contributed by atoms with E-state index in [-0.39, 0.29) is 10.6 Å². The highest BCUT2D eigenvalue weighted by Gasteiger charge is 2.18. The number of thioether (sulfide) groups is 1. The van der Waals surface area contributed by atoms with E-state index in [1.54, 1.807) is 13.0 Å². The molecule has 5 heteroatoms. The molecule has 0 aliphatic rings. The summed E-state index contributed by atoms with van der Waals surface area (Å²) in [5.41, 5.74) is 0.835. The molecule has 0 bridgehead atoms. The topological polar surface area (TPSA) is 43.1 Å². The molecule has 13 heavy (non-hydrogen) atoms. The van der Waals surface area contributed by atoms with E-state index in [1.807, 2.05) is 12.3 Å². The second-order valence-corrected chi connectivity index (χ2v) is 4.15. The predicted octanol–water partition coefficient (Wildman–Crippen LogP) is 3.39. The molecule has 0 spiro atoms. The zero-order valence-corrected chi connectivity index (χ0v) is 9.61. The first kappa shape index (κ1) is 10.5. The SMILES string of the molecule is CSc1ccc(C)c([N+](=O)[O-])c1Br. The Balaban J connectivity index is 3.38. The zero-order valence-electron chi connectivity index (χ0n) is 7.20. The Bertz CT molecular complexity index is 354. The third-order valence-corrected chi connectivity index (χ3v) is 3.53. The van der Waals surface area contributed by atoms with Gasteiger partial charge in [0.05, 0.1) is 4.92 Å². The Kier molecular flexibility index (Phi) is 3.33. The molecule has 0 aliphatic heterocycles. The Morgan fingerprint density at radius 2 is 2.15 bits per heavy atom. The van der Waals surface area contributed by atoms with Crippen molar-refractivity contribution in [2.45, 2.75) is 11.8 Å². The van der Waals surface area contributed by atoms with Crippen LogP contribution in [-0.4, -0.2) is 11.2 Å². The lowest BCUT2D eigenvalue weighted by Gasteiger charge is -2.03. The minimum atomic E-state index is -0.362. The van der Waals surface area contributed by atoms with E-state index < -0.39 is 0 Å². The van der Waals surface area contributed by atoms with Gasteiger partial charge < -0.3 is 0 Å². The van der Waals surface area contributed by atoms with Crippen LogP contribution in [-0.2, 0) is 0 Å². The van der Waals surface area contributed by atoms with Gasteiger partial charge in [-0.3, -0.25) is 10.1 Å². The van der Waals surface area contributed by atoms with E-state index in [9.17, 15) is 10.1 Å². The van der Waals surface area contributed by atoms with Crippen LogP contribution in [0.3, 0.4) is 0 Å². The van der Waals surface area contributed by atoms with Gasteiger partial charge in [0.15, 0.2) is 0 Å². The maximum atomic E-state index is 10.7. The van der Waals surface area contributed by atoms with Crippen molar-refractivity contribution >= 4 is 33.4 Å². The molecule has 0 radical (unpaired) electrons. The first-order valence-corrected chi connectivity index (χ1v) is 5.57. The monoisotopic (exact) mass is 261 g/mol. The Labute approximate surface area is 88.8 Å². The molecule has 0 atom stereocenters. The van der Waals surface area contributed by atoms with Gasteiger partial charge in [-0.2, -0.15) is 0 Å². The minimum absolute atomic E-state index is 0.159. The fourth-order valence-electron chi connectivity index (χ4n) is 1.02. The zero-order chi connectivity index (χ0) is 10.0. The van der Waals surface area contributed by atoms with E-state index in [0.717, 1.165) is 4.90 Å². The number of nitro benzene ring substituents is 1. The van der Waals surface area contributed by atoms with Crippen LogP contribution in [0.4, 0.5) is 5.69 Å². The molecule has 0 saturated carbocycles. The van der Waals surface area contributed by atoms with Crippen molar-refractivity contribution in [3.05, 3.63) is 32.3 Å². The van der Waals surface area contributed by atoms with Crippen LogP contribution < -0.4 is 0 Å². The lowest BCUT2D eigenvalue weighted by Crippen LogP contribution is -1.93. The highest BCUT2D eigenvalue weighted by atomic mass is 79.9. The van der Waals surface area contributed by atoms with Crippen LogP contribution in [0.2, 0.25) is 0 Å². The summed E-state index contributed by atoms with van der Waals surface area (Å²) in [5.74, 6) is 0. The van der Waals surface area contributed by atoms with Crippen molar-refractivity contribution in [3.63, 3.8) is 0 Å². The molecule has 3 nitrogen and oxygen atoms in total. The highest BCUT2D eigenvalue weighted by molar-refractivity contribution is 9.10. The average molecular weight is 262 g/mol. The molecule has 1 aromatic carbocycles. The van der Waals surface area contributed by atoms with Crippen molar-refractivity contribution in [1.82, 2.24) is 0 Å². The van der Waals surface area contributed by atoms with Gasteiger partial charge in [0.1, 0.15) is 4.47 Å². The molecule has 0 amide bonds. The number of nitro groups is 1. The lowest BCUT2D eigenvalue weighted by atomic mass is 10.2. The van der Waals surface area contributed by atoms with Crippen molar-refractivity contribution in [2.24, 2.45) is 0 Å². The Hall–Kier alpha value is -0.550. The van der Waals surface area contributed by atoms with Gasteiger partial charge in [0.25, 0.3) is 5.69 Å². The summed E-state index contributed by atoms with van der Waals surface area (Å²) in [5, 5.41) is 10.7. The van der Waals surface area contributed by atoms with Crippen LogP contribution in [0.15, 0.2) is 21.5 Å². The first-order valence-electron chi connectivity index (χ1n) is 3.55. The van der Waals surface area contributed by atoms with Crippen LogP contribution in [0.1, 0.15) is 5.56 Å². The number of nitrogens with zero attached hydrogens (tertiary/aromatic N) is 1. The molecule has 1 aromatic rings. The molecule has 1 rings (SSSR count). The summed E-state index contributed by atoms with van der Waals surface area (Å²) < 4.78 is 0.574. The van der Waals surface area contributed by atoms with Gasteiger partial charge in [-0.1, -0.05) is 6.07 Å². The molecule has 0 heterocycles. The number of rotatable bonds is 2. The summed E-state index contributed by atoms with van der Waals surface area (Å²) >= 11 is 4.71. The Morgan fingerprint density at radius 3 is 2.62 bits per heavy atom. The van der Waals surface area contributed by atoms with Crippen LogP contribution in [0.25, 0.3) is 0 Å². The maximum Gasteiger partial charge on any atom is 0.287 e. The predicted molar refractivity (Wildman–Crippen MR) is 57.3 cm³/mol. The van der Waals surface area contributed by atoms with Gasteiger partial charge in [-0.15, -0.1) is 11.8 Å². The van der Waals surface area contributed by atoms with Crippen molar-refractivity contribution in [3.8, 4) is 0 Å². The second kappa shape index (κ2) is 4.11. The molecular weight excluding hydrogens is 254 g/mol. The summed E-state index contributed by atoms with van der Waals surface area (Å²) in [6.07, 6.45) is 1.89. The number of hydrogen-bond acceptors (Lipinski definition) is 3. The standard InChI is InChI=1S/C8H8BrNO2S/c1-5-3-4-6(13-2)7(9)8(5)10(11)12/h3-4H,1-2H3. The molecule has 0 fully saturated rings. The fourth-order valence-corrected chi connectivity index (χ4v) is 2.58. The third-order valence-electron chi connectivity index (χ3n) is 1.68. The quantitative estimate of drug-likeness (QED) is 0.466. The minimum Gasteiger partial charge on any atom is -0.258 e. The average Bonchev–Trinajstić information content (AvgIpc) is 2.04. The number of hydrogen-bond donors (Lipinski definition) is 0. The molecule has 0 N–H and O–H groups in total. The van der Waals surface area contributed by atoms with E-state index >= 15 is 0 Å². The number of aryl methyl sites for hydroxylation is 1. The van der Waals surface area contributed by atoms with E-state index in [1.165, 1.54) is 11.8 Å². The summed E-state index contributed by atoms with van der Waals surface area (Å²) in [6.45, 7) is 1.73. The number of benzene rings is 1. The van der Waals surface area contributed by atoms with Gasteiger partial charge in [0, 0.05) is 10.5 Å². The molecule has 0 aromatic heterocycles. The summed E-state index contributed by atoms with van der Waals surface area (Å²) in [4.78, 5) is 11.2. The molecule has 0 unspecified atom stereocenters. The smallest absolute Gasteiger partial charge is 0.258 e. The molecule has 70 valence electrons. The maximum absolute atomic E-state index is 10.7. The van der Waals surface area contributed by atoms with E-state index in [2.05, 4.69) is 15.9 Å². The largest absolute Gasteiger partial charge is 0.287 e. The van der Waals surface area contributed by atoms with Gasteiger partial charge in [-0.05, 0) is 35.2 Å². The Morgan fingerprint density at radius 1 is 1.54 bits per heavy atom. The van der Waals surface area contributed by atoms with Crippen molar-refractivity contribution in [2.75, 3.05) is 6.26 Å². The normalized spacial score (nSPS) is 10.1. The summed E-state index contributed by atoms with van der Waals surface area (Å²) in [6, 6.07) is 3.63. The van der Waals surface area contributed by atoms with E-state index in [4.69, 9.17) is 0 Å². The highest BCUT2D eigenvalue weighted by Crippen LogP contribution is 2.36. The van der Waals surface area contributed by atoms with E-state index in [0.29, 0.717) is 10.0 Å². The van der Waals surface area contributed by atoms with Crippen LogP contribution in [0, 0.1) is 17.0 Å².